The van der Waals surface area contributed by atoms with Gasteiger partial charge in [-0.2, -0.15) is 26.3 Å². The molecular weight excluding hydrogens is 580 g/mol. The van der Waals surface area contributed by atoms with Gasteiger partial charge in [0.2, 0.25) is 0 Å². The molecule has 0 radical (unpaired) electrons. The molecule has 0 fully saturated rings. The third-order valence-corrected chi connectivity index (χ3v) is 5.51. The standard InChI is InChI=1S/C23H12ClF6N3O7/c24-15-5-1-12(2-6-15)20(35)40-21(22(25,26)27,23(28,29)30)14-3-7-16(8-4-14)31-19(34)13-9-17(32(36)37)11-18(10-13)33(38)39/h1-11H,(H,31,34). The molecule has 10 nitrogen and oxygen atoms in total. The summed E-state index contributed by atoms with van der Waals surface area (Å²) >= 11 is 5.62. The Labute approximate surface area is 223 Å². The summed E-state index contributed by atoms with van der Waals surface area (Å²) in [6, 6.07) is 7.55. The molecule has 1 N–H and O–H groups in total. The van der Waals surface area contributed by atoms with E-state index in [2.05, 4.69) is 10.1 Å². The Hall–Kier alpha value is -4.73. The Morgan fingerprint density at radius 1 is 0.750 bits per heavy atom. The lowest BCUT2D eigenvalue weighted by atomic mass is 9.91. The lowest BCUT2D eigenvalue weighted by molar-refractivity contribution is -0.394. The van der Waals surface area contributed by atoms with Crippen LogP contribution < -0.4 is 5.32 Å². The van der Waals surface area contributed by atoms with E-state index in [0.717, 1.165) is 24.3 Å². The summed E-state index contributed by atoms with van der Waals surface area (Å²) in [6.45, 7) is 0. The van der Waals surface area contributed by atoms with Crippen LogP contribution >= 0.6 is 11.6 Å². The quantitative estimate of drug-likeness (QED) is 0.141. The van der Waals surface area contributed by atoms with E-state index in [4.69, 9.17) is 11.6 Å². The van der Waals surface area contributed by atoms with Gasteiger partial charge in [-0.15, -0.1) is 0 Å². The number of nitro groups is 2. The number of nitro benzene ring substituents is 2. The van der Waals surface area contributed by atoms with Crippen molar-refractivity contribution in [1.82, 2.24) is 0 Å². The van der Waals surface area contributed by atoms with Crippen LogP contribution in [0.1, 0.15) is 26.3 Å². The molecule has 0 aliphatic carbocycles. The maximum Gasteiger partial charge on any atom is 0.442 e. The Morgan fingerprint density at radius 3 is 1.65 bits per heavy atom. The largest absolute Gasteiger partial charge is 0.442 e. The van der Waals surface area contributed by atoms with Crippen LogP contribution in [0.25, 0.3) is 0 Å². The van der Waals surface area contributed by atoms with Crippen molar-refractivity contribution in [1.29, 1.82) is 0 Å². The van der Waals surface area contributed by atoms with Gasteiger partial charge in [0, 0.05) is 28.4 Å². The second-order valence-electron chi connectivity index (χ2n) is 7.86. The number of nitrogens with one attached hydrogen (secondary N) is 1. The molecule has 0 saturated carbocycles. The second kappa shape index (κ2) is 10.8. The molecule has 0 spiro atoms. The summed E-state index contributed by atoms with van der Waals surface area (Å²) in [5.41, 5.74) is -9.99. The summed E-state index contributed by atoms with van der Waals surface area (Å²) in [5, 5.41) is 24.1. The van der Waals surface area contributed by atoms with Crippen molar-refractivity contribution in [3.8, 4) is 0 Å². The van der Waals surface area contributed by atoms with E-state index in [0.29, 0.717) is 42.5 Å². The highest BCUT2D eigenvalue weighted by molar-refractivity contribution is 6.30. The van der Waals surface area contributed by atoms with Gasteiger partial charge in [0.05, 0.1) is 27.0 Å². The van der Waals surface area contributed by atoms with Crippen LogP contribution in [-0.2, 0) is 10.3 Å². The molecule has 0 heterocycles. The summed E-state index contributed by atoms with van der Waals surface area (Å²) in [6.07, 6.45) is -12.4. The first-order chi connectivity index (χ1) is 18.5. The van der Waals surface area contributed by atoms with Crippen molar-refractivity contribution in [2.45, 2.75) is 18.0 Å². The average molecular weight is 592 g/mol. The zero-order chi connectivity index (χ0) is 30.0. The summed E-state index contributed by atoms with van der Waals surface area (Å²) in [7, 11) is 0. The molecular formula is C23H12ClF6N3O7. The van der Waals surface area contributed by atoms with Gasteiger partial charge < -0.3 is 10.1 Å². The Balaban J connectivity index is 1.99. The van der Waals surface area contributed by atoms with Gasteiger partial charge in [-0.1, -0.05) is 23.7 Å². The number of non-ortho nitro benzene ring substituents is 2. The van der Waals surface area contributed by atoms with Gasteiger partial charge in [-0.05, 0) is 36.4 Å². The number of halogens is 7. The van der Waals surface area contributed by atoms with Crippen LogP contribution in [0.4, 0.5) is 43.4 Å². The molecule has 3 rings (SSSR count). The first kappa shape index (κ1) is 29.8. The fourth-order valence-corrected chi connectivity index (χ4v) is 3.50. The third kappa shape index (κ3) is 5.96. The van der Waals surface area contributed by atoms with E-state index in [-0.39, 0.29) is 5.02 Å². The number of ether oxygens (including phenoxy) is 1. The van der Waals surface area contributed by atoms with Crippen molar-refractivity contribution in [3.63, 3.8) is 0 Å². The minimum Gasteiger partial charge on any atom is -0.431 e. The predicted molar refractivity (Wildman–Crippen MR) is 125 cm³/mol. The van der Waals surface area contributed by atoms with Crippen LogP contribution in [-0.4, -0.2) is 34.1 Å². The molecule has 17 heteroatoms. The first-order valence-corrected chi connectivity index (χ1v) is 10.8. The van der Waals surface area contributed by atoms with Crippen LogP contribution in [0.15, 0.2) is 66.7 Å². The molecule has 0 aliphatic heterocycles. The van der Waals surface area contributed by atoms with E-state index >= 15 is 0 Å². The van der Waals surface area contributed by atoms with E-state index in [1.807, 2.05) is 0 Å². The predicted octanol–water partition coefficient (Wildman–Crippen LogP) is 6.59. The fourth-order valence-electron chi connectivity index (χ4n) is 3.38. The molecule has 210 valence electrons. The second-order valence-corrected chi connectivity index (χ2v) is 8.29. The number of rotatable bonds is 7. The Kier molecular flexibility index (Phi) is 8.05. The Bertz CT molecular complexity index is 1430. The van der Waals surface area contributed by atoms with Crippen molar-refractivity contribution >= 4 is 40.5 Å². The lowest BCUT2D eigenvalue weighted by Crippen LogP contribution is -2.56. The van der Waals surface area contributed by atoms with Crippen LogP contribution in [0.3, 0.4) is 0 Å². The number of hydrogen-bond acceptors (Lipinski definition) is 7. The molecule has 3 aromatic rings. The fraction of sp³-hybridized carbons (Fsp3) is 0.130. The van der Waals surface area contributed by atoms with Crippen molar-refractivity contribution in [2.75, 3.05) is 5.32 Å². The number of anilines is 1. The number of alkyl halides is 6. The van der Waals surface area contributed by atoms with Crippen molar-refractivity contribution in [3.05, 3.63) is 109 Å². The van der Waals surface area contributed by atoms with Gasteiger partial charge in [-0.3, -0.25) is 25.0 Å². The number of nitrogens with zero attached hydrogens (tertiary/aromatic N) is 2. The third-order valence-electron chi connectivity index (χ3n) is 5.26. The summed E-state index contributed by atoms with van der Waals surface area (Å²) in [5.74, 6) is -3.16. The number of hydrogen-bond donors (Lipinski definition) is 1. The van der Waals surface area contributed by atoms with Gasteiger partial charge in [-0.25, -0.2) is 4.79 Å². The number of benzene rings is 3. The molecule has 0 atom stereocenters. The van der Waals surface area contributed by atoms with E-state index in [9.17, 15) is 56.2 Å². The van der Waals surface area contributed by atoms with Crippen molar-refractivity contribution < 1.29 is 50.5 Å². The SMILES string of the molecule is O=C(Nc1ccc(C(OC(=O)c2ccc(Cl)cc2)(C(F)(F)F)C(F)(F)F)cc1)c1cc([N+](=O)[O-])cc([N+](=O)[O-])c1. The zero-order valence-electron chi connectivity index (χ0n) is 19.2. The minimum atomic E-state index is -6.21. The number of esters is 1. The molecule has 0 saturated heterocycles. The van der Waals surface area contributed by atoms with Crippen LogP contribution in [0.2, 0.25) is 5.02 Å². The average Bonchev–Trinajstić information content (AvgIpc) is 2.86. The molecule has 40 heavy (non-hydrogen) atoms. The maximum absolute atomic E-state index is 14.0. The molecule has 0 aromatic heterocycles. The monoisotopic (exact) mass is 591 g/mol. The number of carbonyl (C=O) groups excluding carboxylic acids is 2. The van der Waals surface area contributed by atoms with Gasteiger partial charge in [0.25, 0.3) is 17.3 Å². The van der Waals surface area contributed by atoms with Gasteiger partial charge >= 0.3 is 23.9 Å². The summed E-state index contributed by atoms with van der Waals surface area (Å²) < 4.78 is 88.3. The molecule has 1 amide bonds. The lowest BCUT2D eigenvalue weighted by Gasteiger charge is -2.36. The highest BCUT2D eigenvalue weighted by atomic mass is 35.5. The highest BCUT2D eigenvalue weighted by Crippen LogP contribution is 2.53. The Morgan fingerprint density at radius 2 is 1.23 bits per heavy atom. The first-order valence-electron chi connectivity index (χ1n) is 10.4. The maximum atomic E-state index is 14.0. The summed E-state index contributed by atoms with van der Waals surface area (Å²) in [4.78, 5) is 44.8. The van der Waals surface area contributed by atoms with Crippen molar-refractivity contribution in [2.24, 2.45) is 0 Å². The van der Waals surface area contributed by atoms with Gasteiger partial charge in [0.15, 0.2) is 0 Å². The smallest absolute Gasteiger partial charge is 0.431 e. The van der Waals surface area contributed by atoms with Crippen LogP contribution in [0, 0.1) is 20.2 Å². The van der Waals surface area contributed by atoms with Crippen LogP contribution in [0.5, 0.6) is 0 Å². The van der Waals surface area contributed by atoms with E-state index in [1.165, 1.54) is 0 Å². The zero-order valence-corrected chi connectivity index (χ0v) is 20.0. The van der Waals surface area contributed by atoms with E-state index in [1.54, 1.807) is 0 Å². The molecule has 0 bridgehead atoms. The normalized spacial score (nSPS) is 12.0. The topological polar surface area (TPSA) is 142 Å². The van der Waals surface area contributed by atoms with Gasteiger partial charge in [0.1, 0.15) is 0 Å². The number of carbonyl (C=O) groups is 2. The molecule has 3 aromatic carbocycles. The highest BCUT2D eigenvalue weighted by Gasteiger charge is 2.75. The number of amides is 1. The molecule has 0 aliphatic rings. The van der Waals surface area contributed by atoms with E-state index < -0.39 is 73.4 Å². The molecule has 0 unspecified atom stereocenters. The minimum absolute atomic E-state index is 0.0480.